The highest BCUT2D eigenvalue weighted by Crippen LogP contribution is 2.31. The highest BCUT2D eigenvalue weighted by atomic mass is 16.5. The Morgan fingerprint density at radius 1 is 1.39 bits per heavy atom. The second-order valence-electron chi connectivity index (χ2n) is 5.58. The molecule has 1 aliphatic heterocycles. The fourth-order valence-corrected chi connectivity index (χ4v) is 2.47. The van der Waals surface area contributed by atoms with Crippen molar-refractivity contribution < 1.29 is 14.6 Å². The molecule has 0 bridgehead atoms. The second kappa shape index (κ2) is 5.11. The van der Waals surface area contributed by atoms with Crippen molar-refractivity contribution in [2.75, 3.05) is 6.61 Å². The van der Waals surface area contributed by atoms with Crippen molar-refractivity contribution >= 4 is 5.97 Å². The first kappa shape index (κ1) is 13.1. The zero-order valence-electron chi connectivity index (χ0n) is 11.0. The fourth-order valence-electron chi connectivity index (χ4n) is 2.47. The SMILES string of the molecule is CC(C)(CC(=O)O)c1ccc(C2CCCO2)cc1. The highest BCUT2D eigenvalue weighted by molar-refractivity contribution is 5.68. The van der Waals surface area contributed by atoms with E-state index in [-0.39, 0.29) is 17.9 Å². The normalized spacial score (nSPS) is 20.0. The van der Waals surface area contributed by atoms with Crippen LogP contribution < -0.4 is 0 Å². The minimum Gasteiger partial charge on any atom is -0.481 e. The lowest BCUT2D eigenvalue weighted by Gasteiger charge is -2.23. The molecule has 0 amide bonds. The van der Waals surface area contributed by atoms with E-state index in [1.807, 2.05) is 26.0 Å². The Morgan fingerprint density at radius 2 is 2.06 bits per heavy atom. The Kier molecular flexibility index (Phi) is 3.71. The summed E-state index contributed by atoms with van der Waals surface area (Å²) in [5.74, 6) is -0.761. The molecule has 0 radical (unpaired) electrons. The topological polar surface area (TPSA) is 46.5 Å². The predicted molar refractivity (Wildman–Crippen MR) is 69.6 cm³/mol. The third kappa shape index (κ3) is 2.91. The number of carboxylic acids is 1. The van der Waals surface area contributed by atoms with Crippen LogP contribution in [-0.4, -0.2) is 17.7 Å². The molecule has 1 aliphatic rings. The molecule has 1 fully saturated rings. The molecule has 1 N–H and O–H groups in total. The molecule has 2 rings (SSSR count). The molecule has 18 heavy (non-hydrogen) atoms. The average molecular weight is 248 g/mol. The average Bonchev–Trinajstić information content (AvgIpc) is 2.81. The van der Waals surface area contributed by atoms with Crippen molar-refractivity contribution in [3.05, 3.63) is 35.4 Å². The van der Waals surface area contributed by atoms with Gasteiger partial charge in [-0.1, -0.05) is 38.1 Å². The van der Waals surface area contributed by atoms with E-state index in [0.717, 1.165) is 25.0 Å². The largest absolute Gasteiger partial charge is 0.481 e. The third-order valence-electron chi connectivity index (χ3n) is 3.59. The Bertz CT molecular complexity index is 414. The summed E-state index contributed by atoms with van der Waals surface area (Å²) in [6.45, 7) is 4.77. The van der Waals surface area contributed by atoms with Crippen LogP contribution in [0.4, 0.5) is 0 Å². The minimum absolute atomic E-state index is 0.145. The van der Waals surface area contributed by atoms with E-state index >= 15 is 0 Å². The van der Waals surface area contributed by atoms with Crippen LogP contribution in [0.2, 0.25) is 0 Å². The molecule has 98 valence electrons. The first-order valence-electron chi connectivity index (χ1n) is 6.43. The van der Waals surface area contributed by atoms with Crippen LogP contribution in [0.1, 0.15) is 50.3 Å². The summed E-state index contributed by atoms with van der Waals surface area (Å²) in [6.07, 6.45) is 2.57. The molecule has 1 atom stereocenters. The summed E-state index contributed by atoms with van der Waals surface area (Å²) in [7, 11) is 0. The van der Waals surface area contributed by atoms with Crippen LogP contribution in [0.5, 0.6) is 0 Å². The van der Waals surface area contributed by atoms with Crippen LogP contribution in [-0.2, 0) is 14.9 Å². The first-order valence-corrected chi connectivity index (χ1v) is 6.43. The van der Waals surface area contributed by atoms with Crippen LogP contribution in [0.15, 0.2) is 24.3 Å². The van der Waals surface area contributed by atoms with Gasteiger partial charge in [-0.2, -0.15) is 0 Å². The number of carbonyl (C=O) groups is 1. The van der Waals surface area contributed by atoms with E-state index in [9.17, 15) is 4.79 Å². The lowest BCUT2D eigenvalue weighted by Crippen LogP contribution is -2.21. The van der Waals surface area contributed by atoms with Crippen molar-refractivity contribution in [1.29, 1.82) is 0 Å². The van der Waals surface area contributed by atoms with Gasteiger partial charge in [0.25, 0.3) is 0 Å². The summed E-state index contributed by atoms with van der Waals surface area (Å²) >= 11 is 0. The standard InChI is InChI=1S/C15H20O3/c1-15(2,10-14(16)17)12-7-5-11(6-8-12)13-4-3-9-18-13/h5-8,13H,3-4,9-10H2,1-2H3,(H,16,17). The maximum Gasteiger partial charge on any atom is 0.304 e. The van der Waals surface area contributed by atoms with Gasteiger partial charge in [-0.05, 0) is 24.0 Å². The third-order valence-corrected chi connectivity index (χ3v) is 3.59. The van der Waals surface area contributed by atoms with E-state index in [4.69, 9.17) is 9.84 Å². The molecule has 1 aromatic rings. The fraction of sp³-hybridized carbons (Fsp3) is 0.533. The molecule has 1 saturated heterocycles. The number of carboxylic acid groups (broad SMARTS) is 1. The molecule has 1 heterocycles. The van der Waals surface area contributed by atoms with Crippen LogP contribution in [0.25, 0.3) is 0 Å². The summed E-state index contributed by atoms with van der Waals surface area (Å²) < 4.78 is 5.63. The lowest BCUT2D eigenvalue weighted by atomic mass is 9.81. The van der Waals surface area contributed by atoms with Crippen LogP contribution in [0.3, 0.4) is 0 Å². The van der Waals surface area contributed by atoms with Gasteiger partial charge in [0.05, 0.1) is 12.5 Å². The van der Waals surface area contributed by atoms with Crippen molar-refractivity contribution in [3.8, 4) is 0 Å². The van der Waals surface area contributed by atoms with E-state index in [1.54, 1.807) is 0 Å². The van der Waals surface area contributed by atoms with Gasteiger partial charge in [0.15, 0.2) is 0 Å². The summed E-state index contributed by atoms with van der Waals surface area (Å²) in [5, 5.41) is 8.92. The minimum atomic E-state index is -0.761. The zero-order valence-corrected chi connectivity index (χ0v) is 11.0. The monoisotopic (exact) mass is 248 g/mol. The van der Waals surface area contributed by atoms with Gasteiger partial charge >= 0.3 is 5.97 Å². The molecule has 1 unspecified atom stereocenters. The van der Waals surface area contributed by atoms with E-state index in [2.05, 4.69) is 12.1 Å². The second-order valence-corrected chi connectivity index (χ2v) is 5.58. The quantitative estimate of drug-likeness (QED) is 0.889. The van der Waals surface area contributed by atoms with Crippen LogP contribution >= 0.6 is 0 Å². The zero-order chi connectivity index (χ0) is 13.2. The van der Waals surface area contributed by atoms with Crippen LogP contribution in [0, 0.1) is 0 Å². The molecule has 0 aromatic heterocycles. The molecule has 3 nitrogen and oxygen atoms in total. The molecule has 0 saturated carbocycles. The molecule has 3 heteroatoms. The van der Waals surface area contributed by atoms with Gasteiger partial charge < -0.3 is 9.84 Å². The summed E-state index contributed by atoms with van der Waals surface area (Å²) in [6, 6.07) is 8.18. The lowest BCUT2D eigenvalue weighted by molar-refractivity contribution is -0.138. The number of ether oxygens (including phenoxy) is 1. The summed E-state index contributed by atoms with van der Waals surface area (Å²) in [4.78, 5) is 10.8. The molecule has 1 aromatic carbocycles. The van der Waals surface area contributed by atoms with Gasteiger partial charge in [-0.3, -0.25) is 4.79 Å². The van der Waals surface area contributed by atoms with Gasteiger partial charge in [0.2, 0.25) is 0 Å². The van der Waals surface area contributed by atoms with Gasteiger partial charge in [0, 0.05) is 12.0 Å². The Hall–Kier alpha value is -1.35. The van der Waals surface area contributed by atoms with Crippen molar-refractivity contribution in [3.63, 3.8) is 0 Å². The molecule has 0 aliphatic carbocycles. The maximum absolute atomic E-state index is 10.8. The van der Waals surface area contributed by atoms with E-state index in [1.165, 1.54) is 5.56 Å². The van der Waals surface area contributed by atoms with Crippen molar-refractivity contribution in [1.82, 2.24) is 0 Å². The van der Waals surface area contributed by atoms with E-state index < -0.39 is 5.97 Å². The predicted octanol–water partition coefficient (Wildman–Crippen LogP) is 3.29. The van der Waals surface area contributed by atoms with Crippen molar-refractivity contribution in [2.24, 2.45) is 0 Å². The van der Waals surface area contributed by atoms with Gasteiger partial charge in [0.1, 0.15) is 0 Å². The molecular weight excluding hydrogens is 228 g/mol. The Morgan fingerprint density at radius 3 is 2.56 bits per heavy atom. The number of rotatable bonds is 4. The smallest absolute Gasteiger partial charge is 0.304 e. The number of hydrogen-bond donors (Lipinski definition) is 1. The maximum atomic E-state index is 10.8. The van der Waals surface area contributed by atoms with Gasteiger partial charge in [-0.25, -0.2) is 0 Å². The highest BCUT2D eigenvalue weighted by Gasteiger charge is 2.25. The van der Waals surface area contributed by atoms with Crippen molar-refractivity contribution in [2.45, 2.75) is 44.6 Å². The molecule has 0 spiro atoms. The van der Waals surface area contributed by atoms with Gasteiger partial charge in [-0.15, -0.1) is 0 Å². The molecular formula is C15H20O3. The first-order chi connectivity index (χ1) is 8.49. The Labute approximate surface area is 108 Å². The summed E-state index contributed by atoms with van der Waals surface area (Å²) in [5.41, 5.74) is 1.93. The number of hydrogen-bond acceptors (Lipinski definition) is 2. The number of aliphatic carboxylic acids is 1. The van der Waals surface area contributed by atoms with E-state index in [0.29, 0.717) is 0 Å². The number of benzene rings is 1. The Balaban J connectivity index is 2.13.